The van der Waals surface area contributed by atoms with Crippen LogP contribution < -0.4 is 10.1 Å². The lowest BCUT2D eigenvalue weighted by atomic mass is 9.89. The maximum absolute atomic E-state index is 12.5. The van der Waals surface area contributed by atoms with Crippen LogP contribution in [0.1, 0.15) is 42.1 Å². The molecule has 0 unspecified atom stereocenters. The van der Waals surface area contributed by atoms with E-state index < -0.39 is 0 Å². The lowest BCUT2D eigenvalue weighted by Crippen LogP contribution is -2.49. The average molecular weight is 349 g/mol. The summed E-state index contributed by atoms with van der Waals surface area (Å²) in [6.07, 6.45) is 7.44. The minimum absolute atomic E-state index is 0.0685. The van der Waals surface area contributed by atoms with Crippen LogP contribution in [0.4, 0.5) is 0 Å². The van der Waals surface area contributed by atoms with Gasteiger partial charge in [-0.25, -0.2) is 4.52 Å². The third-order valence-corrected chi connectivity index (χ3v) is 4.89. The molecule has 5 heteroatoms. The molecule has 0 aliphatic heterocycles. The van der Waals surface area contributed by atoms with Crippen molar-refractivity contribution in [2.24, 2.45) is 0 Å². The Labute approximate surface area is 153 Å². The van der Waals surface area contributed by atoms with Gasteiger partial charge in [0, 0.05) is 25.1 Å². The largest absolute Gasteiger partial charge is 0.490 e. The van der Waals surface area contributed by atoms with Gasteiger partial charge in [-0.15, -0.1) is 0 Å². The second-order valence-corrected chi connectivity index (χ2v) is 6.83. The number of aromatic nitrogens is 2. The van der Waals surface area contributed by atoms with Gasteiger partial charge in [0.2, 0.25) is 0 Å². The number of nitrogens with zero attached hydrogens (tertiary/aromatic N) is 2. The summed E-state index contributed by atoms with van der Waals surface area (Å²) >= 11 is 0. The molecular formula is C21H23N3O2. The zero-order chi connectivity index (χ0) is 17.9. The molecule has 26 heavy (non-hydrogen) atoms. The van der Waals surface area contributed by atoms with Gasteiger partial charge in [-0.05, 0) is 30.2 Å². The monoisotopic (exact) mass is 349 g/mol. The summed E-state index contributed by atoms with van der Waals surface area (Å²) in [5.74, 6) is 0.910. The van der Waals surface area contributed by atoms with Crippen LogP contribution in [0.25, 0.3) is 5.52 Å². The van der Waals surface area contributed by atoms with Crippen molar-refractivity contribution < 1.29 is 9.53 Å². The highest BCUT2D eigenvalue weighted by atomic mass is 16.5. The molecule has 3 aromatic rings. The fourth-order valence-electron chi connectivity index (χ4n) is 3.43. The first-order valence-electron chi connectivity index (χ1n) is 9.22. The van der Waals surface area contributed by atoms with Crippen LogP contribution in [-0.4, -0.2) is 27.7 Å². The topological polar surface area (TPSA) is 55.6 Å². The Bertz CT molecular complexity index is 912. The number of hydrogen-bond acceptors (Lipinski definition) is 3. The molecule has 2 heterocycles. The van der Waals surface area contributed by atoms with Crippen LogP contribution in [0.3, 0.4) is 0 Å². The van der Waals surface area contributed by atoms with Gasteiger partial charge < -0.3 is 10.1 Å². The van der Waals surface area contributed by atoms with Gasteiger partial charge in [-0.3, -0.25) is 4.79 Å². The molecule has 1 N–H and O–H groups in total. The van der Waals surface area contributed by atoms with E-state index in [1.807, 2.05) is 36.5 Å². The SMILES string of the molecule is CCCc1ccccc1OC1CC(NC(=O)c2cnn3ccccc23)C1. The number of pyridine rings is 1. The summed E-state index contributed by atoms with van der Waals surface area (Å²) in [7, 11) is 0. The normalized spacial score (nSPS) is 19.1. The molecule has 0 bridgehead atoms. The van der Waals surface area contributed by atoms with E-state index in [9.17, 15) is 4.79 Å². The number of amides is 1. The predicted octanol–water partition coefficient (Wildman–Crippen LogP) is 3.63. The van der Waals surface area contributed by atoms with Crippen molar-refractivity contribution in [3.63, 3.8) is 0 Å². The molecule has 0 radical (unpaired) electrons. The van der Waals surface area contributed by atoms with Gasteiger partial charge in [-0.2, -0.15) is 5.10 Å². The number of rotatable bonds is 6. The van der Waals surface area contributed by atoms with Crippen molar-refractivity contribution in [1.82, 2.24) is 14.9 Å². The van der Waals surface area contributed by atoms with E-state index >= 15 is 0 Å². The van der Waals surface area contributed by atoms with Gasteiger partial charge in [0.1, 0.15) is 11.9 Å². The summed E-state index contributed by atoms with van der Waals surface area (Å²) < 4.78 is 7.85. The summed E-state index contributed by atoms with van der Waals surface area (Å²) in [5, 5.41) is 7.31. The third kappa shape index (κ3) is 3.29. The maximum Gasteiger partial charge on any atom is 0.255 e. The Hall–Kier alpha value is -2.82. The van der Waals surface area contributed by atoms with E-state index in [0.717, 1.165) is 36.9 Å². The van der Waals surface area contributed by atoms with Crippen LogP contribution in [0.2, 0.25) is 0 Å². The maximum atomic E-state index is 12.5. The molecule has 5 nitrogen and oxygen atoms in total. The summed E-state index contributed by atoms with van der Waals surface area (Å²) in [6.45, 7) is 2.17. The molecule has 1 amide bonds. The molecule has 2 aromatic heterocycles. The van der Waals surface area contributed by atoms with Crippen molar-refractivity contribution in [3.8, 4) is 5.75 Å². The molecule has 1 aliphatic rings. The number of carbonyl (C=O) groups is 1. The molecular weight excluding hydrogens is 326 g/mol. The van der Waals surface area contributed by atoms with Crippen molar-refractivity contribution in [3.05, 3.63) is 66.0 Å². The second kappa shape index (κ2) is 7.20. The number of aryl methyl sites for hydroxylation is 1. The number of benzene rings is 1. The zero-order valence-corrected chi connectivity index (χ0v) is 14.9. The Morgan fingerprint density at radius 1 is 1.23 bits per heavy atom. The highest BCUT2D eigenvalue weighted by Gasteiger charge is 2.33. The van der Waals surface area contributed by atoms with Crippen LogP contribution in [0.15, 0.2) is 54.9 Å². The number of ether oxygens (including phenoxy) is 1. The second-order valence-electron chi connectivity index (χ2n) is 6.83. The highest BCUT2D eigenvalue weighted by Crippen LogP contribution is 2.29. The molecule has 4 rings (SSSR count). The molecule has 1 aromatic carbocycles. The Morgan fingerprint density at radius 3 is 2.88 bits per heavy atom. The minimum Gasteiger partial charge on any atom is -0.490 e. The predicted molar refractivity (Wildman–Crippen MR) is 101 cm³/mol. The van der Waals surface area contributed by atoms with E-state index in [1.54, 1.807) is 10.7 Å². The Morgan fingerprint density at radius 2 is 2.04 bits per heavy atom. The number of nitrogens with one attached hydrogen (secondary N) is 1. The lowest BCUT2D eigenvalue weighted by Gasteiger charge is -2.36. The van der Waals surface area contributed by atoms with E-state index in [2.05, 4.69) is 29.5 Å². The van der Waals surface area contributed by atoms with Gasteiger partial charge in [0.15, 0.2) is 0 Å². The fraction of sp³-hybridized carbons (Fsp3) is 0.333. The van der Waals surface area contributed by atoms with E-state index in [4.69, 9.17) is 4.74 Å². The van der Waals surface area contributed by atoms with Gasteiger partial charge >= 0.3 is 0 Å². The van der Waals surface area contributed by atoms with Gasteiger partial charge in [0.05, 0.1) is 17.3 Å². The molecule has 0 saturated heterocycles. The van der Waals surface area contributed by atoms with Crippen molar-refractivity contribution in [2.75, 3.05) is 0 Å². The molecule has 1 fully saturated rings. The van der Waals surface area contributed by atoms with E-state index in [-0.39, 0.29) is 18.1 Å². The third-order valence-electron chi connectivity index (χ3n) is 4.89. The minimum atomic E-state index is -0.0685. The number of carbonyl (C=O) groups excluding carboxylic acids is 1. The van der Waals surface area contributed by atoms with Crippen LogP contribution in [0.5, 0.6) is 5.75 Å². The number of para-hydroxylation sites is 1. The first-order valence-corrected chi connectivity index (χ1v) is 9.22. The quantitative estimate of drug-likeness (QED) is 0.739. The van der Waals surface area contributed by atoms with Crippen LogP contribution >= 0.6 is 0 Å². The Balaban J connectivity index is 1.33. The molecule has 0 spiro atoms. The molecule has 134 valence electrons. The zero-order valence-electron chi connectivity index (χ0n) is 14.9. The summed E-state index contributed by atoms with van der Waals surface area (Å²) in [5.41, 5.74) is 2.70. The summed E-state index contributed by atoms with van der Waals surface area (Å²) in [6, 6.07) is 14.1. The number of fused-ring (bicyclic) bond motifs is 1. The van der Waals surface area contributed by atoms with E-state index in [0.29, 0.717) is 5.56 Å². The van der Waals surface area contributed by atoms with Crippen molar-refractivity contribution in [2.45, 2.75) is 44.8 Å². The smallest absolute Gasteiger partial charge is 0.255 e. The van der Waals surface area contributed by atoms with Crippen LogP contribution in [0, 0.1) is 0 Å². The summed E-state index contributed by atoms with van der Waals surface area (Å²) in [4.78, 5) is 12.5. The molecule has 1 aliphatic carbocycles. The average Bonchev–Trinajstić information content (AvgIpc) is 3.05. The highest BCUT2D eigenvalue weighted by molar-refractivity contribution is 6.00. The first kappa shape index (κ1) is 16.6. The van der Waals surface area contributed by atoms with Crippen molar-refractivity contribution >= 4 is 11.4 Å². The Kier molecular flexibility index (Phi) is 4.61. The van der Waals surface area contributed by atoms with Crippen molar-refractivity contribution in [1.29, 1.82) is 0 Å². The first-order chi connectivity index (χ1) is 12.7. The van der Waals surface area contributed by atoms with Crippen LogP contribution in [-0.2, 0) is 6.42 Å². The van der Waals surface area contributed by atoms with Gasteiger partial charge in [0.25, 0.3) is 5.91 Å². The number of hydrogen-bond donors (Lipinski definition) is 1. The molecule has 0 atom stereocenters. The van der Waals surface area contributed by atoms with E-state index in [1.165, 1.54) is 5.56 Å². The standard InChI is InChI=1S/C21H23N3O2/c1-2-7-15-8-3-4-10-20(15)26-17-12-16(13-17)23-21(25)18-14-22-24-11-6-5-9-19(18)24/h3-6,8-11,14,16-17H,2,7,12-13H2,1H3,(H,23,25). The lowest BCUT2D eigenvalue weighted by molar-refractivity contribution is 0.0697. The van der Waals surface area contributed by atoms with Gasteiger partial charge in [-0.1, -0.05) is 37.6 Å². The molecule has 1 saturated carbocycles. The fourth-order valence-corrected chi connectivity index (χ4v) is 3.43.